The summed E-state index contributed by atoms with van der Waals surface area (Å²) < 4.78 is 37.3. The first-order chi connectivity index (χ1) is 8.28. The maximum absolute atomic E-state index is 12.4. The highest BCUT2D eigenvalue weighted by Gasteiger charge is 2.34. The lowest BCUT2D eigenvalue weighted by molar-refractivity contribution is -0.137. The van der Waals surface area contributed by atoms with Crippen LogP contribution in [0, 0.1) is 5.41 Å². The molecule has 4 heteroatoms. The smallest absolute Gasteiger partial charge is 0.328 e. The van der Waals surface area contributed by atoms with E-state index in [1.165, 1.54) is 0 Å². The van der Waals surface area contributed by atoms with Crippen LogP contribution in [0.25, 0.3) is 0 Å². The van der Waals surface area contributed by atoms with Crippen LogP contribution in [0.3, 0.4) is 0 Å². The van der Waals surface area contributed by atoms with Gasteiger partial charge < -0.3 is 5.73 Å². The zero-order chi connectivity index (χ0) is 13.4. The second-order valence-electron chi connectivity index (χ2n) is 5.68. The number of nitrogens with two attached hydrogens (primary N) is 1. The van der Waals surface area contributed by atoms with Crippen LogP contribution < -0.4 is 5.73 Å². The minimum Gasteiger partial charge on any atom is -0.328 e. The summed E-state index contributed by atoms with van der Waals surface area (Å²) in [4.78, 5) is 0. The van der Waals surface area contributed by atoms with Crippen LogP contribution in [0.5, 0.6) is 0 Å². The molecule has 1 aromatic rings. The van der Waals surface area contributed by atoms with E-state index in [-0.39, 0.29) is 11.5 Å². The quantitative estimate of drug-likeness (QED) is 0.857. The molecular formula is C14H18F3N. The lowest BCUT2D eigenvalue weighted by Crippen LogP contribution is -2.21. The maximum Gasteiger partial charge on any atom is 0.416 e. The molecule has 2 unspecified atom stereocenters. The van der Waals surface area contributed by atoms with Crippen molar-refractivity contribution in [3.63, 3.8) is 0 Å². The number of benzene rings is 1. The van der Waals surface area contributed by atoms with E-state index < -0.39 is 11.7 Å². The number of rotatable bonds is 2. The Morgan fingerprint density at radius 3 is 2.33 bits per heavy atom. The normalized spacial score (nSPS) is 28.6. The molecule has 1 fully saturated rings. The molecule has 0 heterocycles. The molecule has 1 aliphatic rings. The first-order valence-corrected chi connectivity index (χ1v) is 6.20. The molecule has 2 rings (SSSR count). The van der Waals surface area contributed by atoms with Crippen LogP contribution >= 0.6 is 0 Å². The lowest BCUT2D eigenvalue weighted by atomic mass is 9.82. The van der Waals surface area contributed by atoms with Crippen LogP contribution in [-0.2, 0) is 12.6 Å². The van der Waals surface area contributed by atoms with Crippen molar-refractivity contribution in [2.75, 3.05) is 0 Å². The molecule has 1 aromatic carbocycles. The van der Waals surface area contributed by atoms with Crippen molar-refractivity contribution in [2.24, 2.45) is 11.1 Å². The van der Waals surface area contributed by atoms with E-state index in [2.05, 4.69) is 6.92 Å². The summed E-state index contributed by atoms with van der Waals surface area (Å²) in [6.45, 7) is 2.16. The van der Waals surface area contributed by atoms with Crippen LogP contribution in [0.2, 0.25) is 0 Å². The zero-order valence-corrected chi connectivity index (χ0v) is 10.4. The topological polar surface area (TPSA) is 26.0 Å². The SMILES string of the molecule is CC1(Cc2ccc(C(F)(F)F)cc2)CCC(N)C1. The molecule has 2 N–H and O–H groups in total. The summed E-state index contributed by atoms with van der Waals surface area (Å²) in [6.07, 6.45) is -0.433. The number of hydrogen-bond donors (Lipinski definition) is 1. The maximum atomic E-state index is 12.4. The number of alkyl halides is 3. The summed E-state index contributed by atoms with van der Waals surface area (Å²) in [5.41, 5.74) is 6.41. The molecule has 1 saturated carbocycles. The molecule has 0 radical (unpaired) electrons. The van der Waals surface area contributed by atoms with Gasteiger partial charge in [0.25, 0.3) is 0 Å². The molecular weight excluding hydrogens is 239 g/mol. The highest BCUT2D eigenvalue weighted by molar-refractivity contribution is 5.25. The minimum absolute atomic E-state index is 0.138. The Kier molecular flexibility index (Phi) is 3.41. The van der Waals surface area contributed by atoms with Crippen LogP contribution in [0.4, 0.5) is 13.2 Å². The summed E-state index contributed by atoms with van der Waals surface area (Å²) in [7, 11) is 0. The Morgan fingerprint density at radius 1 is 1.28 bits per heavy atom. The third kappa shape index (κ3) is 3.05. The van der Waals surface area contributed by atoms with Gasteiger partial charge in [0.15, 0.2) is 0 Å². The van der Waals surface area contributed by atoms with Gasteiger partial charge in [0.1, 0.15) is 0 Å². The van der Waals surface area contributed by atoms with Crippen molar-refractivity contribution in [1.29, 1.82) is 0 Å². The Morgan fingerprint density at radius 2 is 1.89 bits per heavy atom. The van der Waals surface area contributed by atoms with Crippen molar-refractivity contribution in [2.45, 2.75) is 44.8 Å². The van der Waals surface area contributed by atoms with Gasteiger partial charge in [0.05, 0.1) is 5.56 Å². The van der Waals surface area contributed by atoms with E-state index in [1.54, 1.807) is 12.1 Å². The minimum atomic E-state index is -4.25. The van der Waals surface area contributed by atoms with E-state index in [0.717, 1.165) is 43.4 Å². The van der Waals surface area contributed by atoms with Gasteiger partial charge >= 0.3 is 6.18 Å². The monoisotopic (exact) mass is 257 g/mol. The van der Waals surface area contributed by atoms with Gasteiger partial charge in [-0.15, -0.1) is 0 Å². The molecule has 0 amide bonds. The first-order valence-electron chi connectivity index (χ1n) is 6.20. The van der Waals surface area contributed by atoms with E-state index >= 15 is 0 Å². The average Bonchev–Trinajstić information content (AvgIpc) is 2.58. The Hall–Kier alpha value is -1.03. The predicted molar refractivity (Wildman–Crippen MR) is 65.1 cm³/mol. The van der Waals surface area contributed by atoms with Gasteiger partial charge in [-0.25, -0.2) is 0 Å². The lowest BCUT2D eigenvalue weighted by Gasteiger charge is -2.24. The second-order valence-corrected chi connectivity index (χ2v) is 5.68. The highest BCUT2D eigenvalue weighted by atomic mass is 19.4. The van der Waals surface area contributed by atoms with Gasteiger partial charge in [-0.1, -0.05) is 19.1 Å². The highest BCUT2D eigenvalue weighted by Crippen LogP contribution is 2.40. The van der Waals surface area contributed by atoms with E-state index in [1.807, 2.05) is 0 Å². The summed E-state index contributed by atoms with van der Waals surface area (Å²) in [5.74, 6) is 0. The molecule has 0 aliphatic heterocycles. The summed E-state index contributed by atoms with van der Waals surface area (Å²) >= 11 is 0. The molecule has 1 nitrogen and oxygen atoms in total. The molecule has 18 heavy (non-hydrogen) atoms. The van der Waals surface area contributed by atoms with Gasteiger partial charge in [-0.2, -0.15) is 13.2 Å². The molecule has 2 atom stereocenters. The molecule has 0 spiro atoms. The van der Waals surface area contributed by atoms with Crippen molar-refractivity contribution >= 4 is 0 Å². The van der Waals surface area contributed by atoms with Crippen LogP contribution in [-0.4, -0.2) is 6.04 Å². The van der Waals surface area contributed by atoms with Crippen molar-refractivity contribution in [1.82, 2.24) is 0 Å². The Labute approximate surface area is 105 Å². The molecule has 0 aromatic heterocycles. The molecule has 0 bridgehead atoms. The largest absolute Gasteiger partial charge is 0.416 e. The standard InChI is InChI=1S/C14H18F3N/c1-13(7-6-12(18)9-13)8-10-2-4-11(5-3-10)14(15,16)17/h2-5,12H,6-9,18H2,1H3. The van der Waals surface area contributed by atoms with Gasteiger partial charge in [-0.05, 0) is 48.8 Å². The summed E-state index contributed by atoms with van der Waals surface area (Å²) in [5, 5.41) is 0. The van der Waals surface area contributed by atoms with Gasteiger partial charge in [0, 0.05) is 6.04 Å². The van der Waals surface area contributed by atoms with Crippen molar-refractivity contribution in [3.05, 3.63) is 35.4 Å². The van der Waals surface area contributed by atoms with E-state index in [4.69, 9.17) is 5.73 Å². The van der Waals surface area contributed by atoms with Crippen LogP contribution in [0.1, 0.15) is 37.3 Å². The number of hydrogen-bond acceptors (Lipinski definition) is 1. The average molecular weight is 257 g/mol. The van der Waals surface area contributed by atoms with Gasteiger partial charge in [-0.3, -0.25) is 0 Å². The Balaban J connectivity index is 2.07. The van der Waals surface area contributed by atoms with E-state index in [9.17, 15) is 13.2 Å². The molecule has 100 valence electrons. The predicted octanol–water partition coefficient (Wildman–Crippen LogP) is 3.77. The fourth-order valence-corrected chi connectivity index (χ4v) is 2.84. The first kappa shape index (κ1) is 13.4. The van der Waals surface area contributed by atoms with Gasteiger partial charge in [0.2, 0.25) is 0 Å². The third-order valence-electron chi connectivity index (χ3n) is 3.79. The van der Waals surface area contributed by atoms with E-state index in [0.29, 0.717) is 0 Å². The molecule has 1 aliphatic carbocycles. The fourth-order valence-electron chi connectivity index (χ4n) is 2.84. The van der Waals surface area contributed by atoms with Crippen molar-refractivity contribution in [3.8, 4) is 0 Å². The number of halogens is 3. The van der Waals surface area contributed by atoms with Crippen LogP contribution in [0.15, 0.2) is 24.3 Å². The zero-order valence-electron chi connectivity index (χ0n) is 10.4. The van der Waals surface area contributed by atoms with Crippen molar-refractivity contribution < 1.29 is 13.2 Å². The fraction of sp³-hybridized carbons (Fsp3) is 0.571. The third-order valence-corrected chi connectivity index (χ3v) is 3.79. The second kappa shape index (κ2) is 4.57. The molecule has 0 saturated heterocycles. The summed E-state index contributed by atoms with van der Waals surface area (Å²) in [6, 6.07) is 5.72. The Bertz CT molecular complexity index is 410.